The van der Waals surface area contributed by atoms with E-state index in [1.54, 1.807) is 18.3 Å². The highest BCUT2D eigenvalue weighted by Gasteiger charge is 2.42. The Morgan fingerprint density at radius 2 is 1.77 bits per heavy atom. The summed E-state index contributed by atoms with van der Waals surface area (Å²) in [6.07, 6.45) is 3.88. The minimum absolute atomic E-state index is 0.171. The highest BCUT2D eigenvalue weighted by atomic mass is 32.2. The standard InChI is InChI=1S/C30H33N5O2S2/c1-6-22-11-9-10-19(2)28(22)34-20(3)18-25(21(34)4)29-27(26-12-7-8-17-31-26)32-30(38)35(29)24-15-13-23(14-16-24)33-39(5,36)37/h7-18,27,29,33H,6H2,1-5H3,(H,32,38)/t27-,29-/m1/s1. The molecular weight excluding hydrogens is 526 g/mol. The average Bonchev–Trinajstić information content (AvgIpc) is 3.39. The van der Waals surface area contributed by atoms with Crippen LogP contribution in [0.1, 0.15) is 52.8 Å². The van der Waals surface area contributed by atoms with Crippen LogP contribution in [0, 0.1) is 20.8 Å². The van der Waals surface area contributed by atoms with Crippen molar-refractivity contribution in [1.29, 1.82) is 0 Å². The topological polar surface area (TPSA) is 79.3 Å². The molecule has 1 fully saturated rings. The lowest BCUT2D eigenvalue weighted by Gasteiger charge is -2.28. The maximum absolute atomic E-state index is 11.7. The van der Waals surface area contributed by atoms with E-state index in [0.717, 1.165) is 41.0 Å². The zero-order chi connectivity index (χ0) is 27.9. The van der Waals surface area contributed by atoms with E-state index in [1.165, 1.54) is 16.8 Å². The van der Waals surface area contributed by atoms with E-state index in [-0.39, 0.29) is 12.1 Å². The number of anilines is 2. The Hall–Kier alpha value is -3.69. The quantitative estimate of drug-likeness (QED) is 0.274. The van der Waals surface area contributed by atoms with Gasteiger partial charge < -0.3 is 14.8 Å². The molecular formula is C30H33N5O2S2. The molecule has 5 rings (SSSR count). The number of para-hydroxylation sites is 1. The predicted octanol–water partition coefficient (Wildman–Crippen LogP) is 5.91. The first kappa shape index (κ1) is 26.9. The normalized spacial score (nSPS) is 17.4. The average molecular weight is 560 g/mol. The first-order chi connectivity index (χ1) is 18.6. The maximum atomic E-state index is 11.7. The van der Waals surface area contributed by atoms with Crippen molar-refractivity contribution in [2.24, 2.45) is 0 Å². The molecule has 0 bridgehead atoms. The summed E-state index contributed by atoms with van der Waals surface area (Å²) >= 11 is 5.90. The SMILES string of the molecule is CCc1cccc(C)c1-n1c(C)cc([C@@H]2[C@@H](c3ccccn3)NC(=S)N2c2ccc(NS(C)(=O)=O)cc2)c1C. The minimum atomic E-state index is -3.37. The summed E-state index contributed by atoms with van der Waals surface area (Å²) < 4.78 is 28.3. The lowest BCUT2D eigenvalue weighted by Crippen LogP contribution is -2.29. The lowest BCUT2D eigenvalue weighted by atomic mass is 9.96. The molecule has 1 aliphatic rings. The molecule has 0 unspecified atom stereocenters. The van der Waals surface area contributed by atoms with Crippen molar-refractivity contribution in [3.63, 3.8) is 0 Å². The van der Waals surface area contributed by atoms with Gasteiger partial charge in [0, 0.05) is 29.0 Å². The van der Waals surface area contributed by atoms with Gasteiger partial charge in [0.05, 0.1) is 29.7 Å². The number of nitrogens with one attached hydrogen (secondary N) is 2. The van der Waals surface area contributed by atoms with Crippen LogP contribution in [-0.4, -0.2) is 29.3 Å². The van der Waals surface area contributed by atoms with E-state index in [2.05, 4.69) is 76.5 Å². The van der Waals surface area contributed by atoms with Gasteiger partial charge in [0.1, 0.15) is 0 Å². The van der Waals surface area contributed by atoms with Crippen LogP contribution in [0.4, 0.5) is 11.4 Å². The molecule has 2 aromatic heterocycles. The molecule has 9 heteroatoms. The fourth-order valence-corrected chi connectivity index (χ4v) is 6.52. The van der Waals surface area contributed by atoms with Gasteiger partial charge in [0.25, 0.3) is 0 Å². The first-order valence-corrected chi connectivity index (χ1v) is 15.2. The monoisotopic (exact) mass is 559 g/mol. The van der Waals surface area contributed by atoms with Crippen LogP contribution in [0.2, 0.25) is 0 Å². The number of hydrogen-bond donors (Lipinski definition) is 2. The molecule has 4 aromatic rings. The van der Waals surface area contributed by atoms with Crippen molar-refractivity contribution in [2.45, 2.75) is 46.2 Å². The molecule has 0 aliphatic carbocycles. The van der Waals surface area contributed by atoms with E-state index in [1.807, 2.05) is 30.3 Å². The second-order valence-electron chi connectivity index (χ2n) is 10.0. The Morgan fingerprint density at radius 1 is 1.03 bits per heavy atom. The second kappa shape index (κ2) is 10.5. The molecule has 0 amide bonds. The third-order valence-corrected chi connectivity index (χ3v) is 8.18. The summed E-state index contributed by atoms with van der Waals surface area (Å²) in [6, 6.07) is 21.6. The number of hydrogen-bond acceptors (Lipinski definition) is 4. The zero-order valence-electron chi connectivity index (χ0n) is 22.8. The maximum Gasteiger partial charge on any atom is 0.229 e. The summed E-state index contributed by atoms with van der Waals surface area (Å²) in [4.78, 5) is 6.79. The summed E-state index contributed by atoms with van der Waals surface area (Å²) in [5.74, 6) is 0. The molecule has 1 saturated heterocycles. The van der Waals surface area contributed by atoms with E-state index in [4.69, 9.17) is 12.2 Å². The van der Waals surface area contributed by atoms with Gasteiger partial charge in [0.2, 0.25) is 10.0 Å². The third-order valence-electron chi connectivity index (χ3n) is 7.26. The number of aromatic nitrogens is 2. The van der Waals surface area contributed by atoms with Gasteiger partial charge in [-0.3, -0.25) is 9.71 Å². The van der Waals surface area contributed by atoms with Gasteiger partial charge in [-0.2, -0.15) is 0 Å². The molecule has 0 spiro atoms. The number of thiocarbonyl (C=S) groups is 1. The van der Waals surface area contributed by atoms with E-state index in [9.17, 15) is 8.42 Å². The first-order valence-electron chi connectivity index (χ1n) is 12.9. The number of rotatable bonds is 7. The van der Waals surface area contributed by atoms with Gasteiger partial charge in [-0.1, -0.05) is 31.2 Å². The predicted molar refractivity (Wildman–Crippen MR) is 162 cm³/mol. The second-order valence-corrected chi connectivity index (χ2v) is 12.2. The number of nitrogens with zero attached hydrogens (tertiary/aromatic N) is 3. The van der Waals surface area contributed by atoms with E-state index < -0.39 is 10.0 Å². The number of sulfonamides is 1. The van der Waals surface area contributed by atoms with Gasteiger partial charge >= 0.3 is 0 Å². The molecule has 1 aliphatic heterocycles. The molecule has 2 aromatic carbocycles. The Morgan fingerprint density at radius 3 is 2.41 bits per heavy atom. The molecule has 202 valence electrons. The van der Waals surface area contributed by atoms with Crippen LogP contribution in [0.3, 0.4) is 0 Å². The fraction of sp³-hybridized carbons (Fsp3) is 0.267. The Bertz CT molecular complexity index is 1630. The van der Waals surface area contributed by atoms with E-state index in [0.29, 0.717) is 10.8 Å². The zero-order valence-corrected chi connectivity index (χ0v) is 24.4. The van der Waals surface area contributed by atoms with Gasteiger partial charge in [0.15, 0.2) is 5.11 Å². The van der Waals surface area contributed by atoms with Crippen LogP contribution in [-0.2, 0) is 16.4 Å². The summed E-state index contributed by atoms with van der Waals surface area (Å²) in [7, 11) is -3.37. The molecule has 2 atom stereocenters. The van der Waals surface area contributed by atoms with Gasteiger partial charge in [-0.05, 0) is 98.6 Å². The summed E-state index contributed by atoms with van der Waals surface area (Å²) in [5.41, 5.74) is 9.48. The smallest absolute Gasteiger partial charge is 0.229 e. The van der Waals surface area contributed by atoms with Gasteiger partial charge in [-0.15, -0.1) is 0 Å². The van der Waals surface area contributed by atoms with E-state index >= 15 is 0 Å². The van der Waals surface area contributed by atoms with Crippen LogP contribution in [0.5, 0.6) is 0 Å². The molecule has 7 nitrogen and oxygen atoms in total. The van der Waals surface area contributed by atoms with Crippen LogP contribution in [0.25, 0.3) is 5.69 Å². The van der Waals surface area contributed by atoms with Crippen LogP contribution >= 0.6 is 12.2 Å². The lowest BCUT2D eigenvalue weighted by molar-refractivity contribution is 0.565. The van der Waals surface area contributed by atoms with Crippen LogP contribution < -0.4 is 14.9 Å². The molecule has 0 radical (unpaired) electrons. The Labute approximate surface area is 235 Å². The molecule has 3 heterocycles. The minimum Gasteiger partial charge on any atom is -0.351 e. The van der Waals surface area contributed by atoms with Crippen molar-refractivity contribution >= 4 is 38.7 Å². The van der Waals surface area contributed by atoms with Crippen molar-refractivity contribution in [3.05, 3.63) is 107 Å². The number of benzene rings is 2. The van der Waals surface area contributed by atoms with Crippen molar-refractivity contribution < 1.29 is 8.42 Å². The number of aryl methyl sites for hydroxylation is 3. The fourth-order valence-electron chi connectivity index (χ4n) is 5.61. The Balaban J connectivity index is 1.66. The van der Waals surface area contributed by atoms with Crippen molar-refractivity contribution in [1.82, 2.24) is 14.9 Å². The molecule has 2 N–H and O–H groups in total. The summed E-state index contributed by atoms with van der Waals surface area (Å²) in [5, 5.41) is 4.12. The number of pyridine rings is 1. The largest absolute Gasteiger partial charge is 0.351 e. The van der Waals surface area contributed by atoms with Crippen molar-refractivity contribution in [3.8, 4) is 5.69 Å². The van der Waals surface area contributed by atoms with Crippen LogP contribution in [0.15, 0.2) is 72.9 Å². The summed E-state index contributed by atoms with van der Waals surface area (Å²) in [6.45, 7) is 8.67. The third kappa shape index (κ3) is 5.16. The highest BCUT2D eigenvalue weighted by Crippen LogP contribution is 2.44. The molecule has 39 heavy (non-hydrogen) atoms. The Kier molecular flexibility index (Phi) is 7.22. The molecule has 0 saturated carbocycles. The highest BCUT2D eigenvalue weighted by molar-refractivity contribution is 7.92. The van der Waals surface area contributed by atoms with Crippen molar-refractivity contribution in [2.75, 3.05) is 15.9 Å². The van der Waals surface area contributed by atoms with Gasteiger partial charge in [-0.25, -0.2) is 8.42 Å².